The minimum atomic E-state index is -1.48. The van der Waals surface area contributed by atoms with E-state index in [0.29, 0.717) is 12.0 Å². The van der Waals surface area contributed by atoms with Crippen LogP contribution in [0.15, 0.2) is 36.4 Å². The van der Waals surface area contributed by atoms with Gasteiger partial charge in [-0.25, -0.2) is 8.78 Å². The zero-order valence-corrected chi connectivity index (χ0v) is 22.0. The predicted octanol–water partition coefficient (Wildman–Crippen LogP) is 3.85. The Morgan fingerprint density at radius 2 is 1.89 bits per heavy atom. The average Bonchev–Trinajstić information content (AvgIpc) is 3.04. The van der Waals surface area contributed by atoms with Gasteiger partial charge >= 0.3 is 0 Å². The van der Waals surface area contributed by atoms with Crippen LogP contribution >= 0.6 is 23.2 Å². The number of halogens is 4. The maximum atomic E-state index is 15.4. The van der Waals surface area contributed by atoms with E-state index in [1.165, 1.54) is 30.3 Å². The van der Waals surface area contributed by atoms with Gasteiger partial charge in [0.25, 0.3) is 0 Å². The van der Waals surface area contributed by atoms with Crippen LogP contribution in [0.2, 0.25) is 10.0 Å². The fraction of sp³-hybridized carbons (Fsp3) is 0.500. The van der Waals surface area contributed by atoms with E-state index in [0.717, 1.165) is 6.07 Å². The summed E-state index contributed by atoms with van der Waals surface area (Å²) < 4.78 is 29.9. The Morgan fingerprint density at radius 3 is 2.47 bits per heavy atom. The second kappa shape index (κ2) is 11.3. The van der Waals surface area contributed by atoms with Crippen LogP contribution in [0.25, 0.3) is 0 Å². The molecule has 0 aromatic heterocycles. The predicted molar refractivity (Wildman–Crippen MR) is 137 cm³/mol. The van der Waals surface area contributed by atoms with Crippen LogP contribution in [0.5, 0.6) is 0 Å². The van der Waals surface area contributed by atoms with E-state index in [1.54, 1.807) is 0 Å². The van der Waals surface area contributed by atoms with Gasteiger partial charge in [-0.1, -0.05) is 50.0 Å². The van der Waals surface area contributed by atoms with Crippen LogP contribution < -0.4 is 16.4 Å². The molecule has 6 nitrogen and oxygen atoms in total. The van der Waals surface area contributed by atoms with Gasteiger partial charge < -0.3 is 26.6 Å². The third kappa shape index (κ3) is 6.36. The molecule has 0 aliphatic carbocycles. The number of nitrogens with two attached hydrogens (primary N) is 1. The lowest BCUT2D eigenvalue weighted by atomic mass is 9.68. The fourth-order valence-electron chi connectivity index (χ4n) is 4.99. The van der Waals surface area contributed by atoms with Crippen molar-refractivity contribution < 1.29 is 23.8 Å². The molecule has 1 fully saturated rings. The van der Waals surface area contributed by atoms with E-state index >= 15 is 4.39 Å². The highest BCUT2D eigenvalue weighted by atomic mass is 35.5. The second-order valence-electron chi connectivity index (χ2n) is 10.6. The number of benzene rings is 2. The molecule has 2 aromatic rings. The molecule has 1 aliphatic rings. The van der Waals surface area contributed by atoms with Crippen LogP contribution in [0, 0.1) is 17.0 Å². The first-order valence-corrected chi connectivity index (χ1v) is 12.5. The Morgan fingerprint density at radius 1 is 1.19 bits per heavy atom. The molecule has 10 heteroatoms. The molecule has 0 unspecified atom stereocenters. The van der Waals surface area contributed by atoms with Crippen molar-refractivity contribution in [1.29, 1.82) is 0 Å². The van der Waals surface area contributed by atoms with Crippen LogP contribution in [-0.2, 0) is 10.3 Å². The number of aliphatic hydroxyl groups excluding tert-OH is 2. The van der Waals surface area contributed by atoms with Crippen molar-refractivity contribution in [2.24, 2.45) is 11.1 Å². The third-order valence-electron chi connectivity index (χ3n) is 6.53. The maximum Gasteiger partial charge on any atom is 0.237 e. The van der Waals surface area contributed by atoms with Crippen molar-refractivity contribution in [2.75, 3.05) is 13.2 Å². The van der Waals surface area contributed by atoms with Crippen molar-refractivity contribution in [3.8, 4) is 0 Å². The summed E-state index contributed by atoms with van der Waals surface area (Å²) in [6.07, 6.45) is -0.376. The van der Waals surface area contributed by atoms with Crippen molar-refractivity contribution in [2.45, 2.75) is 63.3 Å². The highest BCUT2D eigenvalue weighted by molar-refractivity contribution is 6.30. The lowest BCUT2D eigenvalue weighted by molar-refractivity contribution is -0.123. The standard InChI is InChI=1S/C26H33Cl2F2N3O3/c1-25(2,3)12-21-26(31,19-5-4-15(27)11-20(19)30)22(14-8-16(28)10-17(29)9-14)23(33-21)24(36)32-7-6-18(35)13-34/h4-5,8-11,18,21-23,33-35H,6-7,12-13,31H2,1-3H3,(H,32,36)/t18-,21-,22-,23+,26+/m0/s1. The molecule has 0 spiro atoms. The van der Waals surface area contributed by atoms with Crippen LogP contribution in [0.1, 0.15) is 50.7 Å². The second-order valence-corrected chi connectivity index (χ2v) is 11.5. The molecule has 1 amide bonds. The minimum absolute atomic E-state index is 0.0895. The number of rotatable bonds is 8. The Labute approximate surface area is 220 Å². The Balaban J connectivity index is 2.16. The van der Waals surface area contributed by atoms with Gasteiger partial charge in [-0.2, -0.15) is 0 Å². The lowest BCUT2D eigenvalue weighted by Gasteiger charge is -2.39. The van der Waals surface area contributed by atoms with Crippen molar-refractivity contribution in [3.63, 3.8) is 0 Å². The van der Waals surface area contributed by atoms with Crippen LogP contribution in [0.4, 0.5) is 8.78 Å². The average molecular weight is 544 g/mol. The van der Waals surface area contributed by atoms with Crippen molar-refractivity contribution in [3.05, 3.63) is 69.2 Å². The Hall–Kier alpha value is -1.81. The molecular weight excluding hydrogens is 511 g/mol. The number of carbonyl (C=O) groups is 1. The lowest BCUT2D eigenvalue weighted by Crippen LogP contribution is -2.52. The molecular formula is C26H33Cl2F2N3O3. The SMILES string of the molecule is CC(C)(C)C[C@@H]1N[C@@H](C(=O)NCC[C@H](O)CO)[C@H](c2cc(F)cc(Cl)c2)[C@@]1(N)c1ccc(Cl)cc1F. The highest BCUT2D eigenvalue weighted by Gasteiger charge is 2.57. The summed E-state index contributed by atoms with van der Waals surface area (Å²) in [6.45, 7) is 5.67. The molecule has 1 aliphatic heterocycles. The summed E-state index contributed by atoms with van der Waals surface area (Å²) in [5, 5.41) is 25.1. The maximum absolute atomic E-state index is 15.4. The quantitative estimate of drug-likeness (QED) is 0.347. The third-order valence-corrected chi connectivity index (χ3v) is 6.99. The largest absolute Gasteiger partial charge is 0.394 e. The van der Waals surface area contributed by atoms with E-state index < -0.39 is 53.8 Å². The number of amides is 1. The van der Waals surface area contributed by atoms with E-state index in [1.807, 2.05) is 20.8 Å². The molecule has 1 saturated heterocycles. The fourth-order valence-corrected chi connectivity index (χ4v) is 5.38. The van der Waals surface area contributed by atoms with Gasteiger partial charge in [0.05, 0.1) is 24.3 Å². The molecule has 5 atom stereocenters. The normalized spacial score (nSPS) is 25.1. The van der Waals surface area contributed by atoms with E-state index in [-0.39, 0.29) is 34.0 Å². The topological polar surface area (TPSA) is 108 Å². The first-order chi connectivity index (χ1) is 16.8. The van der Waals surface area contributed by atoms with Crippen molar-refractivity contribution in [1.82, 2.24) is 10.6 Å². The van der Waals surface area contributed by atoms with E-state index in [9.17, 15) is 14.3 Å². The van der Waals surface area contributed by atoms with Gasteiger partial charge in [-0.15, -0.1) is 0 Å². The monoisotopic (exact) mass is 543 g/mol. The van der Waals surface area contributed by atoms with Gasteiger partial charge in [0.1, 0.15) is 11.6 Å². The van der Waals surface area contributed by atoms with Gasteiger partial charge in [0.15, 0.2) is 0 Å². The number of hydrogen-bond donors (Lipinski definition) is 5. The number of aliphatic hydroxyl groups is 2. The zero-order chi connectivity index (χ0) is 26.8. The Bertz CT molecular complexity index is 1080. The summed E-state index contributed by atoms with van der Waals surface area (Å²) in [4.78, 5) is 13.4. The minimum Gasteiger partial charge on any atom is -0.394 e. The molecule has 198 valence electrons. The van der Waals surface area contributed by atoms with Gasteiger partial charge in [-0.3, -0.25) is 4.79 Å². The summed E-state index contributed by atoms with van der Waals surface area (Å²) in [5.74, 6) is -2.60. The van der Waals surface area contributed by atoms with Crippen molar-refractivity contribution >= 4 is 29.1 Å². The first-order valence-electron chi connectivity index (χ1n) is 11.8. The molecule has 0 radical (unpaired) electrons. The van der Waals surface area contributed by atoms with Crippen LogP contribution in [0.3, 0.4) is 0 Å². The smallest absolute Gasteiger partial charge is 0.237 e. The molecule has 36 heavy (non-hydrogen) atoms. The Kier molecular flexibility index (Phi) is 9.02. The molecule has 0 saturated carbocycles. The number of carbonyl (C=O) groups excluding carboxylic acids is 1. The molecule has 0 bridgehead atoms. The summed E-state index contributed by atoms with van der Waals surface area (Å²) >= 11 is 12.2. The van der Waals surface area contributed by atoms with E-state index in [4.69, 9.17) is 34.0 Å². The van der Waals surface area contributed by atoms with Gasteiger partial charge in [0.2, 0.25) is 5.91 Å². The number of nitrogens with one attached hydrogen (secondary N) is 2. The summed E-state index contributed by atoms with van der Waals surface area (Å²) in [7, 11) is 0. The summed E-state index contributed by atoms with van der Waals surface area (Å²) in [5.41, 5.74) is 5.87. The van der Waals surface area contributed by atoms with Gasteiger partial charge in [-0.05, 0) is 54.2 Å². The summed E-state index contributed by atoms with van der Waals surface area (Å²) in [6, 6.07) is 6.57. The highest BCUT2D eigenvalue weighted by Crippen LogP contribution is 2.49. The van der Waals surface area contributed by atoms with Gasteiger partial charge in [0, 0.05) is 34.1 Å². The number of hydrogen-bond acceptors (Lipinski definition) is 5. The zero-order valence-electron chi connectivity index (χ0n) is 20.5. The molecule has 2 aromatic carbocycles. The molecule has 1 heterocycles. The molecule has 3 rings (SSSR count). The molecule has 6 N–H and O–H groups in total. The van der Waals surface area contributed by atoms with E-state index in [2.05, 4.69) is 10.6 Å². The first kappa shape index (κ1) is 28.8. The van der Waals surface area contributed by atoms with Crippen LogP contribution in [-0.4, -0.2) is 47.5 Å².